The molecule has 0 saturated heterocycles. The van der Waals surface area contributed by atoms with E-state index in [2.05, 4.69) is 6.58 Å². The molecule has 224 valence electrons. The Hall–Kier alpha value is -1.68. The number of rotatable bonds is 31. The van der Waals surface area contributed by atoms with E-state index in [9.17, 15) is 9.59 Å². The van der Waals surface area contributed by atoms with Gasteiger partial charge >= 0.3 is 11.9 Å². The average Bonchev–Trinajstić information content (AvgIpc) is 2.91. The summed E-state index contributed by atoms with van der Waals surface area (Å²) in [6, 6.07) is 0. The van der Waals surface area contributed by atoms with Gasteiger partial charge in [0.15, 0.2) is 0 Å². The van der Waals surface area contributed by atoms with Crippen LogP contribution < -0.4 is 0 Å². The zero-order valence-corrected chi connectivity index (χ0v) is 22.7. The first-order valence-corrected chi connectivity index (χ1v) is 12.8. The first kappa shape index (κ1) is 36.3. The minimum Gasteiger partial charge on any atom is -0.463 e. The number of ether oxygens (including phenoxy) is 11. The van der Waals surface area contributed by atoms with Gasteiger partial charge in [0.1, 0.15) is 13.2 Å². The minimum atomic E-state index is -0.462. The Morgan fingerprint density at radius 2 is 0.632 bits per heavy atom. The molecule has 13 heteroatoms. The van der Waals surface area contributed by atoms with Gasteiger partial charge in [0.2, 0.25) is 0 Å². The molecular weight excluding hydrogens is 508 g/mol. The summed E-state index contributed by atoms with van der Waals surface area (Å²) in [5.41, 5.74) is 0. The van der Waals surface area contributed by atoms with Crippen molar-refractivity contribution < 1.29 is 61.7 Å². The summed E-state index contributed by atoms with van der Waals surface area (Å²) in [7, 11) is 0. The number of hydrogen-bond acceptors (Lipinski definition) is 13. The highest BCUT2D eigenvalue weighted by atomic mass is 16.6. The summed E-state index contributed by atoms with van der Waals surface area (Å²) in [6.07, 6.45) is 1.11. The van der Waals surface area contributed by atoms with Gasteiger partial charge < -0.3 is 52.1 Å². The Morgan fingerprint density at radius 3 is 0.842 bits per heavy atom. The van der Waals surface area contributed by atoms with Gasteiger partial charge in [0.05, 0.1) is 119 Å². The Balaban J connectivity index is 3.05. The van der Waals surface area contributed by atoms with Crippen molar-refractivity contribution in [2.45, 2.75) is 6.92 Å². The lowest BCUT2D eigenvalue weighted by Gasteiger charge is -2.09. The average molecular weight is 555 g/mol. The summed E-state index contributed by atoms with van der Waals surface area (Å²) in [5, 5.41) is 0. The van der Waals surface area contributed by atoms with Gasteiger partial charge in [-0.05, 0) is 0 Å². The normalized spacial score (nSPS) is 11.0. The van der Waals surface area contributed by atoms with Gasteiger partial charge in [0, 0.05) is 13.0 Å². The van der Waals surface area contributed by atoms with E-state index < -0.39 is 5.97 Å². The van der Waals surface area contributed by atoms with Crippen LogP contribution in [-0.4, -0.2) is 144 Å². The van der Waals surface area contributed by atoms with Gasteiger partial charge in [-0.1, -0.05) is 6.58 Å². The number of esters is 2. The van der Waals surface area contributed by atoms with Crippen LogP contribution >= 0.6 is 0 Å². The highest BCUT2D eigenvalue weighted by Crippen LogP contribution is 1.87. The van der Waals surface area contributed by atoms with Gasteiger partial charge in [-0.25, -0.2) is 4.79 Å². The van der Waals surface area contributed by atoms with Gasteiger partial charge in [-0.3, -0.25) is 4.79 Å². The minimum absolute atomic E-state index is 0.196. The molecule has 0 fully saturated rings. The summed E-state index contributed by atoms with van der Waals surface area (Å²) >= 11 is 0. The van der Waals surface area contributed by atoms with Crippen molar-refractivity contribution in [3.8, 4) is 0 Å². The Bertz CT molecular complexity index is 533. The van der Waals surface area contributed by atoms with Crippen LogP contribution in [0.5, 0.6) is 0 Å². The molecule has 13 nitrogen and oxygen atoms in total. The Morgan fingerprint density at radius 1 is 0.421 bits per heavy atom. The molecule has 0 aliphatic carbocycles. The summed E-state index contributed by atoms with van der Waals surface area (Å²) in [6.45, 7) is 13.3. The van der Waals surface area contributed by atoms with Crippen molar-refractivity contribution in [1.29, 1.82) is 0 Å². The fraction of sp³-hybridized carbons (Fsp3) is 0.840. The number of hydrogen-bond donors (Lipinski definition) is 0. The lowest BCUT2D eigenvalue weighted by atomic mass is 10.6. The second kappa shape index (κ2) is 31.5. The second-order valence-corrected chi connectivity index (χ2v) is 7.22. The highest BCUT2D eigenvalue weighted by Gasteiger charge is 1.97. The molecule has 0 rings (SSSR count). The van der Waals surface area contributed by atoms with Crippen LogP contribution in [0.2, 0.25) is 0 Å². The van der Waals surface area contributed by atoms with Crippen molar-refractivity contribution in [3.05, 3.63) is 12.7 Å². The topological polar surface area (TPSA) is 136 Å². The lowest BCUT2D eigenvalue weighted by molar-refractivity contribution is -0.142. The third-order valence-electron chi connectivity index (χ3n) is 4.15. The maximum atomic E-state index is 10.8. The molecule has 0 unspecified atom stereocenters. The van der Waals surface area contributed by atoms with Crippen molar-refractivity contribution >= 4 is 11.9 Å². The molecule has 0 N–H and O–H groups in total. The fourth-order valence-corrected chi connectivity index (χ4v) is 2.37. The largest absolute Gasteiger partial charge is 0.463 e. The van der Waals surface area contributed by atoms with E-state index in [1.54, 1.807) is 0 Å². The molecule has 0 saturated carbocycles. The third-order valence-corrected chi connectivity index (χ3v) is 4.15. The molecule has 0 atom stereocenters. The van der Waals surface area contributed by atoms with Crippen LogP contribution in [0.15, 0.2) is 12.7 Å². The van der Waals surface area contributed by atoms with E-state index in [4.69, 9.17) is 52.1 Å². The summed E-state index contributed by atoms with van der Waals surface area (Å²) in [5.74, 6) is -0.776. The van der Waals surface area contributed by atoms with Crippen LogP contribution in [-0.2, 0) is 61.7 Å². The maximum Gasteiger partial charge on any atom is 0.330 e. The van der Waals surface area contributed by atoms with Gasteiger partial charge in [-0.15, -0.1) is 0 Å². The molecule has 0 aromatic rings. The van der Waals surface area contributed by atoms with E-state index in [0.717, 1.165) is 6.08 Å². The van der Waals surface area contributed by atoms with Gasteiger partial charge in [-0.2, -0.15) is 0 Å². The monoisotopic (exact) mass is 554 g/mol. The van der Waals surface area contributed by atoms with Crippen LogP contribution in [0, 0.1) is 0 Å². The molecule has 0 radical (unpaired) electrons. The van der Waals surface area contributed by atoms with Crippen LogP contribution in [0.25, 0.3) is 0 Å². The predicted octanol–water partition coefficient (Wildman–Crippen LogP) is 0.428. The first-order chi connectivity index (χ1) is 18.7. The Labute approximate surface area is 225 Å². The highest BCUT2D eigenvalue weighted by molar-refractivity contribution is 5.81. The molecular formula is C25H46O13. The van der Waals surface area contributed by atoms with Crippen molar-refractivity contribution in [2.24, 2.45) is 0 Å². The van der Waals surface area contributed by atoms with Crippen molar-refractivity contribution in [3.63, 3.8) is 0 Å². The van der Waals surface area contributed by atoms with Crippen LogP contribution in [0.3, 0.4) is 0 Å². The van der Waals surface area contributed by atoms with Crippen molar-refractivity contribution in [2.75, 3.05) is 132 Å². The zero-order valence-electron chi connectivity index (χ0n) is 22.7. The third kappa shape index (κ3) is 32.3. The lowest BCUT2D eigenvalue weighted by Crippen LogP contribution is -2.15. The molecule has 0 spiro atoms. The molecule has 0 aliphatic heterocycles. The van der Waals surface area contributed by atoms with Gasteiger partial charge in [0.25, 0.3) is 0 Å². The SMILES string of the molecule is C=CC(=O)OCCOCCOCCOCCOCCOCCOCCOCCOCCOCCOC(C)=O. The van der Waals surface area contributed by atoms with Crippen LogP contribution in [0.1, 0.15) is 6.92 Å². The molecule has 0 bridgehead atoms. The number of carbonyl (C=O) groups is 2. The first-order valence-electron chi connectivity index (χ1n) is 12.8. The molecule has 0 aromatic carbocycles. The zero-order chi connectivity index (χ0) is 27.8. The van der Waals surface area contributed by atoms with E-state index >= 15 is 0 Å². The predicted molar refractivity (Wildman–Crippen MR) is 135 cm³/mol. The molecule has 0 heterocycles. The smallest absolute Gasteiger partial charge is 0.330 e. The van der Waals surface area contributed by atoms with E-state index in [1.165, 1.54) is 6.92 Å². The van der Waals surface area contributed by atoms with E-state index in [1.807, 2.05) is 0 Å². The maximum absolute atomic E-state index is 10.8. The van der Waals surface area contributed by atoms with Crippen molar-refractivity contribution in [1.82, 2.24) is 0 Å². The second-order valence-electron chi connectivity index (χ2n) is 7.22. The van der Waals surface area contributed by atoms with Crippen LogP contribution in [0.4, 0.5) is 0 Å². The number of carbonyl (C=O) groups excluding carboxylic acids is 2. The fourth-order valence-electron chi connectivity index (χ4n) is 2.37. The van der Waals surface area contributed by atoms with E-state index in [0.29, 0.717) is 119 Å². The standard InChI is InChI=1S/C25H46O13/c1-3-25(27)38-23-21-36-19-17-34-15-13-32-11-9-30-7-5-28-4-6-29-8-10-31-12-14-33-16-18-35-20-22-37-24(2)26/h3H,1,4-23H2,2H3. The summed E-state index contributed by atoms with van der Waals surface area (Å²) < 4.78 is 57.8. The molecule has 0 aliphatic rings. The molecule has 0 aromatic heterocycles. The molecule has 38 heavy (non-hydrogen) atoms. The Kier molecular flexibility index (Phi) is 30.1. The quantitative estimate of drug-likeness (QED) is 0.0666. The summed E-state index contributed by atoms with van der Waals surface area (Å²) in [4.78, 5) is 21.4. The van der Waals surface area contributed by atoms with E-state index in [-0.39, 0.29) is 19.2 Å². The molecule has 0 amide bonds.